The molecule has 0 bridgehead atoms. The maximum atomic E-state index is 13.5. The maximum Gasteiger partial charge on any atom is 0.218 e. The molecule has 0 aliphatic carbocycles. The van der Waals surface area contributed by atoms with E-state index in [0.29, 0.717) is 36.2 Å². The van der Waals surface area contributed by atoms with Crippen molar-refractivity contribution >= 4 is 18.5 Å². The van der Waals surface area contributed by atoms with Crippen LogP contribution in [0.4, 0.5) is 0 Å². The smallest absolute Gasteiger partial charge is 0.218 e. The number of carbonyl (C=O) groups is 1. The van der Waals surface area contributed by atoms with Crippen molar-refractivity contribution < 1.29 is 19.3 Å². The molecule has 0 saturated carbocycles. The fourth-order valence-electron chi connectivity index (χ4n) is 3.13. The van der Waals surface area contributed by atoms with Crippen molar-refractivity contribution in [1.29, 1.82) is 0 Å². The summed E-state index contributed by atoms with van der Waals surface area (Å²) >= 11 is 0. The highest BCUT2D eigenvalue weighted by atomic mass is 31.2. The number of primary amides is 1. The average molecular weight is 360 g/mol. The van der Waals surface area contributed by atoms with Gasteiger partial charge in [0.1, 0.15) is 11.5 Å². The van der Waals surface area contributed by atoms with Crippen LogP contribution in [0.3, 0.4) is 0 Å². The Hall–Kier alpha value is -2.14. The monoisotopic (exact) mass is 360 g/mol. The first-order chi connectivity index (χ1) is 12.0. The van der Waals surface area contributed by atoms with Crippen LogP contribution in [-0.2, 0) is 9.36 Å². The van der Waals surface area contributed by atoms with Gasteiger partial charge in [0.25, 0.3) is 0 Å². The van der Waals surface area contributed by atoms with Crippen LogP contribution < -0.4 is 15.8 Å². The summed E-state index contributed by atoms with van der Waals surface area (Å²) in [7, 11) is -3.29. The highest BCUT2D eigenvalue weighted by molar-refractivity contribution is 7.69. The molecular weight excluding hydrogens is 339 g/mol. The van der Waals surface area contributed by atoms with Gasteiger partial charge in [-0.15, -0.1) is 4.83 Å². The number of hydroxylamine groups is 1. The second-order valence-corrected chi connectivity index (χ2v) is 9.05. The molecule has 0 aromatic heterocycles. The van der Waals surface area contributed by atoms with E-state index in [4.69, 9.17) is 10.5 Å². The van der Waals surface area contributed by atoms with Gasteiger partial charge in [-0.1, -0.05) is 18.2 Å². The Balaban J connectivity index is 1.85. The predicted molar refractivity (Wildman–Crippen MR) is 95.5 cm³/mol. The molecule has 25 heavy (non-hydrogen) atoms. The zero-order valence-corrected chi connectivity index (χ0v) is 14.6. The third-order valence-electron chi connectivity index (χ3n) is 4.36. The van der Waals surface area contributed by atoms with Gasteiger partial charge in [0.15, 0.2) is 0 Å². The van der Waals surface area contributed by atoms with Gasteiger partial charge in [0, 0.05) is 23.9 Å². The van der Waals surface area contributed by atoms with Gasteiger partial charge in [-0.05, 0) is 49.2 Å². The number of nitrogens with zero attached hydrogens (tertiary/aromatic N) is 1. The fraction of sp³-hybridized carbons (Fsp3) is 0.278. The van der Waals surface area contributed by atoms with E-state index in [1.807, 2.05) is 30.3 Å². The number of para-hydroxylation sites is 1. The first-order valence-corrected chi connectivity index (χ1v) is 9.91. The van der Waals surface area contributed by atoms with E-state index >= 15 is 0 Å². The van der Waals surface area contributed by atoms with Crippen LogP contribution in [0.5, 0.6) is 11.5 Å². The summed E-state index contributed by atoms with van der Waals surface area (Å²) in [4.78, 5) is 12.2. The van der Waals surface area contributed by atoms with E-state index in [0.717, 1.165) is 4.83 Å². The molecule has 2 unspecified atom stereocenters. The molecule has 0 spiro atoms. The Morgan fingerprint density at radius 3 is 2.44 bits per heavy atom. The number of amides is 1. The van der Waals surface area contributed by atoms with Crippen molar-refractivity contribution in [3.8, 4) is 11.5 Å². The topological polar surface area (TPSA) is 92.9 Å². The number of rotatable bonds is 5. The molecule has 1 saturated heterocycles. The SMILES string of the molecule is NC(=O)CC1CCCN(O)P1(=O)c1ccc(Oc2ccccc2)cc1. The van der Waals surface area contributed by atoms with E-state index < -0.39 is 18.9 Å². The van der Waals surface area contributed by atoms with Gasteiger partial charge in [-0.2, -0.15) is 0 Å². The Kier molecular flexibility index (Phi) is 5.23. The van der Waals surface area contributed by atoms with Crippen LogP contribution in [0, 0.1) is 0 Å². The van der Waals surface area contributed by atoms with Crippen molar-refractivity contribution in [1.82, 2.24) is 4.83 Å². The number of nitrogens with two attached hydrogens (primary N) is 1. The van der Waals surface area contributed by atoms with Crippen LogP contribution >= 0.6 is 7.29 Å². The molecule has 3 N–H and O–H groups in total. The number of benzene rings is 2. The zero-order chi connectivity index (χ0) is 17.9. The van der Waals surface area contributed by atoms with E-state index in [9.17, 15) is 14.6 Å². The van der Waals surface area contributed by atoms with Gasteiger partial charge in [-0.25, -0.2) is 0 Å². The third-order valence-corrected chi connectivity index (χ3v) is 7.71. The lowest BCUT2D eigenvalue weighted by molar-refractivity contribution is -0.118. The number of carbonyl (C=O) groups excluding carboxylic acids is 1. The lowest BCUT2D eigenvalue weighted by atomic mass is 10.2. The fourth-order valence-corrected chi connectivity index (χ4v) is 6.17. The standard InChI is InChI=1S/C18H21N2O4P/c19-18(21)13-17-7-4-12-20(22)25(17,23)16-10-8-15(9-11-16)24-14-5-2-1-3-6-14/h1-3,5-6,8-11,17,22H,4,7,12-13H2,(H2,19,21). The second kappa shape index (κ2) is 7.40. The summed E-state index contributed by atoms with van der Waals surface area (Å²) < 4.78 is 19.3. The van der Waals surface area contributed by atoms with Gasteiger partial charge >= 0.3 is 0 Å². The summed E-state index contributed by atoms with van der Waals surface area (Å²) in [6, 6.07) is 16.1. The largest absolute Gasteiger partial charge is 0.457 e. The number of hydrogen-bond acceptors (Lipinski definition) is 4. The molecule has 132 valence electrons. The summed E-state index contributed by atoms with van der Waals surface area (Å²) in [6.07, 6.45) is 1.27. The van der Waals surface area contributed by atoms with Crippen LogP contribution in [-0.4, -0.2) is 28.2 Å². The van der Waals surface area contributed by atoms with Gasteiger partial charge in [0.05, 0.1) is 0 Å². The van der Waals surface area contributed by atoms with E-state index in [1.165, 1.54) is 0 Å². The molecular formula is C18H21N2O4P. The number of hydrogen-bond donors (Lipinski definition) is 2. The third kappa shape index (κ3) is 3.76. The summed E-state index contributed by atoms with van der Waals surface area (Å²) in [5.74, 6) is 0.800. The molecule has 1 amide bonds. The van der Waals surface area contributed by atoms with Crippen LogP contribution in [0.2, 0.25) is 0 Å². The summed E-state index contributed by atoms with van der Waals surface area (Å²) in [5, 5.41) is 10.8. The molecule has 2 aromatic rings. The molecule has 6 nitrogen and oxygen atoms in total. The van der Waals surface area contributed by atoms with Crippen LogP contribution in [0.1, 0.15) is 19.3 Å². The second-order valence-electron chi connectivity index (χ2n) is 6.09. The van der Waals surface area contributed by atoms with Crippen molar-refractivity contribution in [2.75, 3.05) is 6.54 Å². The molecule has 1 aliphatic rings. The average Bonchev–Trinajstić information content (AvgIpc) is 2.60. The molecule has 2 aromatic carbocycles. The van der Waals surface area contributed by atoms with Crippen LogP contribution in [0.25, 0.3) is 0 Å². The first-order valence-electron chi connectivity index (χ1n) is 8.18. The van der Waals surface area contributed by atoms with Gasteiger partial charge in [0.2, 0.25) is 13.2 Å². The van der Waals surface area contributed by atoms with E-state index in [1.54, 1.807) is 24.3 Å². The Bertz CT molecular complexity index is 779. The molecule has 1 aliphatic heterocycles. The molecule has 1 heterocycles. The number of ether oxygens (including phenoxy) is 1. The molecule has 0 radical (unpaired) electrons. The summed E-state index contributed by atoms with van der Waals surface area (Å²) in [6.45, 7) is 0.314. The lowest BCUT2D eigenvalue weighted by Gasteiger charge is -2.37. The molecule has 3 rings (SSSR count). The summed E-state index contributed by atoms with van der Waals surface area (Å²) in [5.41, 5.74) is 4.83. The normalized spacial score (nSPS) is 24.0. The molecule has 7 heteroatoms. The van der Waals surface area contributed by atoms with Crippen LogP contribution in [0.15, 0.2) is 54.6 Å². The minimum absolute atomic E-state index is 0.00337. The minimum Gasteiger partial charge on any atom is -0.457 e. The van der Waals surface area contributed by atoms with Crippen molar-refractivity contribution in [3.63, 3.8) is 0 Å². The zero-order valence-electron chi connectivity index (χ0n) is 13.7. The Morgan fingerprint density at radius 1 is 1.16 bits per heavy atom. The molecule has 2 atom stereocenters. The molecule has 1 fully saturated rings. The Labute approximate surface area is 146 Å². The Morgan fingerprint density at radius 2 is 1.80 bits per heavy atom. The quantitative estimate of drug-likeness (QED) is 0.799. The predicted octanol–water partition coefficient (Wildman–Crippen LogP) is 3.11. The first kappa shape index (κ1) is 17.7. The highest BCUT2D eigenvalue weighted by Gasteiger charge is 2.43. The lowest BCUT2D eigenvalue weighted by Crippen LogP contribution is -2.37. The van der Waals surface area contributed by atoms with Gasteiger partial charge < -0.3 is 15.7 Å². The van der Waals surface area contributed by atoms with Crippen molar-refractivity contribution in [2.24, 2.45) is 5.73 Å². The van der Waals surface area contributed by atoms with E-state index in [-0.39, 0.29) is 6.42 Å². The van der Waals surface area contributed by atoms with Gasteiger partial charge in [-0.3, -0.25) is 9.36 Å². The highest BCUT2D eigenvalue weighted by Crippen LogP contribution is 2.57. The van der Waals surface area contributed by atoms with E-state index in [2.05, 4.69) is 0 Å². The maximum absolute atomic E-state index is 13.5. The van der Waals surface area contributed by atoms with Crippen molar-refractivity contribution in [3.05, 3.63) is 54.6 Å². The van der Waals surface area contributed by atoms with Crippen molar-refractivity contribution in [2.45, 2.75) is 24.9 Å². The minimum atomic E-state index is -3.29.